The number of aromatic nitrogens is 4. The van der Waals surface area contributed by atoms with Crippen molar-refractivity contribution in [1.29, 1.82) is 5.26 Å². The van der Waals surface area contributed by atoms with Gasteiger partial charge < -0.3 is 5.32 Å². The second kappa shape index (κ2) is 8.45. The highest BCUT2D eigenvalue weighted by Crippen LogP contribution is 2.26. The molecular weight excluding hydrogens is 412 g/mol. The molecule has 0 bridgehead atoms. The van der Waals surface area contributed by atoms with Crippen LogP contribution in [0.15, 0.2) is 71.1 Å². The number of nitrogens with one attached hydrogen (secondary N) is 1. The van der Waals surface area contributed by atoms with Crippen LogP contribution in [0.25, 0.3) is 16.7 Å². The van der Waals surface area contributed by atoms with E-state index in [9.17, 15) is 14.9 Å². The summed E-state index contributed by atoms with van der Waals surface area (Å²) in [7, 11) is 0. The van der Waals surface area contributed by atoms with Crippen molar-refractivity contribution in [3.05, 3.63) is 77.1 Å². The van der Waals surface area contributed by atoms with Crippen molar-refractivity contribution in [3.8, 4) is 6.07 Å². The molecule has 1 atom stereocenters. The smallest absolute Gasteiger partial charge is 0.263 e. The van der Waals surface area contributed by atoms with Crippen LogP contribution in [0, 0.1) is 11.3 Å². The van der Waals surface area contributed by atoms with Crippen molar-refractivity contribution in [1.82, 2.24) is 19.2 Å². The van der Waals surface area contributed by atoms with Gasteiger partial charge in [0.1, 0.15) is 6.07 Å². The molecule has 9 heteroatoms. The Morgan fingerprint density at radius 3 is 2.77 bits per heavy atom. The van der Waals surface area contributed by atoms with Gasteiger partial charge in [-0.25, -0.2) is 0 Å². The maximum Gasteiger partial charge on any atom is 0.263 e. The van der Waals surface area contributed by atoms with Crippen LogP contribution < -0.4 is 10.9 Å². The van der Waals surface area contributed by atoms with E-state index < -0.39 is 5.25 Å². The summed E-state index contributed by atoms with van der Waals surface area (Å²) in [6.45, 7) is 5.75. The number of fused-ring (bicyclic) bond motifs is 3. The first-order valence-electron chi connectivity index (χ1n) is 9.49. The summed E-state index contributed by atoms with van der Waals surface area (Å²) in [5.74, 6) is 0.113. The van der Waals surface area contributed by atoms with E-state index in [0.29, 0.717) is 33.1 Å². The molecule has 0 aliphatic heterocycles. The van der Waals surface area contributed by atoms with Crippen molar-refractivity contribution in [2.75, 3.05) is 5.32 Å². The van der Waals surface area contributed by atoms with Crippen LogP contribution in [0.4, 0.5) is 5.69 Å². The molecule has 4 aromatic rings. The molecule has 0 fully saturated rings. The normalized spacial score (nSPS) is 11.9. The fourth-order valence-electron chi connectivity index (χ4n) is 3.24. The van der Waals surface area contributed by atoms with Gasteiger partial charge in [0.15, 0.2) is 5.16 Å². The monoisotopic (exact) mass is 430 g/mol. The number of allylic oxidation sites excluding steroid dienone is 1. The SMILES string of the molecule is C=CCn1c(=O)c2ccccc2n2c(SC(C)C(=O)Nc3ccccc3C#N)nnc12. The van der Waals surface area contributed by atoms with Gasteiger partial charge in [0.25, 0.3) is 5.56 Å². The van der Waals surface area contributed by atoms with Gasteiger partial charge in [-0.3, -0.25) is 18.6 Å². The second-order valence-electron chi connectivity index (χ2n) is 6.75. The number of carbonyl (C=O) groups excluding carboxylic acids is 1. The molecule has 2 aromatic heterocycles. The Balaban J connectivity index is 1.72. The van der Waals surface area contributed by atoms with E-state index in [-0.39, 0.29) is 18.0 Å². The van der Waals surface area contributed by atoms with Gasteiger partial charge in [0.05, 0.1) is 27.4 Å². The molecule has 1 N–H and O–H groups in total. The molecular formula is C22H18N6O2S. The van der Waals surface area contributed by atoms with Crippen LogP contribution in [0.3, 0.4) is 0 Å². The third kappa shape index (κ3) is 3.69. The molecule has 0 aliphatic carbocycles. The van der Waals surface area contributed by atoms with Crippen molar-refractivity contribution in [2.24, 2.45) is 0 Å². The number of thioether (sulfide) groups is 1. The number of nitrogens with zero attached hydrogens (tertiary/aromatic N) is 5. The van der Waals surface area contributed by atoms with Gasteiger partial charge in [0.2, 0.25) is 11.7 Å². The fourth-order valence-corrected chi connectivity index (χ4v) is 4.09. The predicted octanol–water partition coefficient (Wildman–Crippen LogP) is 3.22. The quantitative estimate of drug-likeness (QED) is 0.372. The number of amides is 1. The molecule has 1 unspecified atom stereocenters. The maximum atomic E-state index is 12.9. The number of para-hydroxylation sites is 2. The lowest BCUT2D eigenvalue weighted by Gasteiger charge is -2.13. The van der Waals surface area contributed by atoms with E-state index in [4.69, 9.17) is 0 Å². The molecule has 0 saturated carbocycles. The van der Waals surface area contributed by atoms with Crippen LogP contribution in [0.5, 0.6) is 0 Å². The Kier molecular flexibility index (Phi) is 5.56. The molecule has 0 spiro atoms. The van der Waals surface area contributed by atoms with Gasteiger partial charge in [-0.2, -0.15) is 5.26 Å². The number of rotatable bonds is 6. The van der Waals surface area contributed by atoms with E-state index in [2.05, 4.69) is 28.2 Å². The van der Waals surface area contributed by atoms with Gasteiger partial charge in [-0.1, -0.05) is 42.1 Å². The van der Waals surface area contributed by atoms with Gasteiger partial charge in [0, 0.05) is 6.54 Å². The Morgan fingerprint density at radius 1 is 1.26 bits per heavy atom. The highest BCUT2D eigenvalue weighted by atomic mass is 32.2. The Labute approximate surface area is 181 Å². The van der Waals surface area contributed by atoms with E-state index in [0.717, 1.165) is 0 Å². The van der Waals surface area contributed by atoms with Crippen molar-refractivity contribution >= 4 is 40.0 Å². The minimum Gasteiger partial charge on any atom is -0.324 e. The standard InChI is InChI=1S/C22H18N6O2S/c1-3-12-27-20(30)16-9-5-7-11-18(16)28-21(27)25-26-22(28)31-14(2)19(29)24-17-10-6-4-8-15(17)13-23/h3-11,14H,1,12H2,2H3,(H,24,29). The van der Waals surface area contributed by atoms with Gasteiger partial charge >= 0.3 is 0 Å². The lowest BCUT2D eigenvalue weighted by molar-refractivity contribution is -0.115. The first-order valence-corrected chi connectivity index (χ1v) is 10.4. The average Bonchev–Trinajstić information content (AvgIpc) is 3.20. The summed E-state index contributed by atoms with van der Waals surface area (Å²) in [6, 6.07) is 16.1. The van der Waals surface area contributed by atoms with Gasteiger partial charge in [-0.15, -0.1) is 16.8 Å². The Bertz CT molecular complexity index is 1420. The summed E-state index contributed by atoms with van der Waals surface area (Å²) in [5.41, 5.74) is 1.34. The Morgan fingerprint density at radius 2 is 2.00 bits per heavy atom. The van der Waals surface area contributed by atoms with Crippen molar-refractivity contribution in [3.63, 3.8) is 0 Å². The van der Waals surface area contributed by atoms with Crippen LogP contribution in [-0.2, 0) is 11.3 Å². The molecule has 31 heavy (non-hydrogen) atoms. The number of carbonyl (C=O) groups is 1. The summed E-state index contributed by atoms with van der Waals surface area (Å²) in [4.78, 5) is 25.6. The summed E-state index contributed by atoms with van der Waals surface area (Å²) in [5, 5.41) is 20.9. The number of hydrogen-bond donors (Lipinski definition) is 1. The highest BCUT2D eigenvalue weighted by Gasteiger charge is 2.22. The molecule has 8 nitrogen and oxygen atoms in total. The van der Waals surface area contributed by atoms with Crippen LogP contribution >= 0.6 is 11.8 Å². The average molecular weight is 430 g/mol. The van der Waals surface area contributed by atoms with Crippen molar-refractivity contribution < 1.29 is 4.79 Å². The van der Waals surface area contributed by atoms with E-state index in [1.807, 2.05) is 12.1 Å². The molecule has 0 radical (unpaired) electrons. The number of nitriles is 1. The topological polar surface area (TPSA) is 105 Å². The molecule has 0 saturated heterocycles. The lowest BCUT2D eigenvalue weighted by atomic mass is 10.2. The van der Waals surface area contributed by atoms with E-state index in [1.165, 1.54) is 16.3 Å². The third-order valence-electron chi connectivity index (χ3n) is 4.75. The third-order valence-corrected chi connectivity index (χ3v) is 5.79. The highest BCUT2D eigenvalue weighted by molar-refractivity contribution is 8.00. The molecule has 2 aromatic carbocycles. The first kappa shape index (κ1) is 20.4. The molecule has 1 amide bonds. The van der Waals surface area contributed by atoms with E-state index >= 15 is 0 Å². The predicted molar refractivity (Wildman–Crippen MR) is 120 cm³/mol. The fraction of sp³-hybridized carbons (Fsp3) is 0.136. The molecule has 2 heterocycles. The van der Waals surface area contributed by atoms with Crippen LogP contribution in [0.1, 0.15) is 12.5 Å². The second-order valence-corrected chi connectivity index (χ2v) is 8.05. The largest absolute Gasteiger partial charge is 0.324 e. The minimum atomic E-state index is -0.530. The zero-order valence-corrected chi connectivity index (χ0v) is 17.5. The summed E-state index contributed by atoms with van der Waals surface area (Å²) < 4.78 is 3.28. The maximum absolute atomic E-state index is 12.9. The number of benzene rings is 2. The molecule has 154 valence electrons. The Hall–Kier alpha value is -3.90. The molecule has 4 rings (SSSR count). The minimum absolute atomic E-state index is 0.175. The zero-order valence-electron chi connectivity index (χ0n) is 16.6. The van der Waals surface area contributed by atoms with Crippen molar-refractivity contribution in [2.45, 2.75) is 23.9 Å². The van der Waals surface area contributed by atoms with E-state index in [1.54, 1.807) is 53.8 Å². The number of hydrogen-bond acceptors (Lipinski definition) is 6. The molecule has 0 aliphatic rings. The van der Waals surface area contributed by atoms with Gasteiger partial charge in [-0.05, 0) is 31.2 Å². The zero-order chi connectivity index (χ0) is 22.0. The number of anilines is 1. The summed E-state index contributed by atoms with van der Waals surface area (Å²) >= 11 is 1.22. The van der Waals surface area contributed by atoms with Crippen LogP contribution in [0.2, 0.25) is 0 Å². The van der Waals surface area contributed by atoms with Crippen LogP contribution in [-0.4, -0.2) is 30.3 Å². The first-order chi connectivity index (χ1) is 15.0. The summed E-state index contributed by atoms with van der Waals surface area (Å²) in [6.07, 6.45) is 1.63. The lowest BCUT2D eigenvalue weighted by Crippen LogP contribution is -2.24.